The van der Waals surface area contributed by atoms with Gasteiger partial charge in [-0.1, -0.05) is 44.3 Å². The topological polar surface area (TPSA) is 69.3 Å². The third-order valence-electron chi connectivity index (χ3n) is 5.79. The van der Waals surface area contributed by atoms with Crippen LogP contribution >= 0.6 is 20.7 Å². The number of pyridine rings is 1. The summed E-state index contributed by atoms with van der Waals surface area (Å²) >= 11 is -0.562. The Morgan fingerprint density at radius 3 is 2.86 bits per heavy atom. The Morgan fingerprint density at radius 1 is 1.28 bits per heavy atom. The molecule has 6 nitrogen and oxygen atoms in total. The Bertz CT molecular complexity index is 1140. The van der Waals surface area contributed by atoms with Gasteiger partial charge in [0.25, 0.3) is 0 Å². The van der Waals surface area contributed by atoms with E-state index in [1.165, 1.54) is 0 Å². The minimum atomic E-state index is -3.53. The molecule has 1 N–H and O–H groups in total. The first kappa shape index (κ1) is 20.5. The summed E-state index contributed by atoms with van der Waals surface area (Å²) in [6.45, 7) is 3.22. The molecule has 8 heteroatoms. The van der Waals surface area contributed by atoms with Crippen LogP contribution in [0.2, 0.25) is 0 Å². The second kappa shape index (κ2) is 8.16. The zero-order chi connectivity index (χ0) is 20.6. The molecule has 0 radical (unpaired) electrons. The van der Waals surface area contributed by atoms with E-state index in [-0.39, 0.29) is 6.04 Å². The molecule has 0 amide bonds. The van der Waals surface area contributed by atoms with Crippen LogP contribution < -0.4 is 4.90 Å². The Kier molecular flexibility index (Phi) is 5.76. The number of hydrogen-bond donors (Lipinski definition) is 1. The first-order valence-corrected chi connectivity index (χ1v) is 13.6. The highest BCUT2D eigenvalue weighted by molar-refractivity contribution is 14.2. The van der Waals surface area contributed by atoms with Crippen LogP contribution in [-0.4, -0.2) is 53.4 Å². The van der Waals surface area contributed by atoms with E-state index in [0.29, 0.717) is 23.9 Å². The number of rotatable bonds is 5. The van der Waals surface area contributed by atoms with Crippen molar-refractivity contribution in [2.24, 2.45) is 5.92 Å². The highest BCUT2D eigenvalue weighted by atomic mass is 127. The van der Waals surface area contributed by atoms with Gasteiger partial charge in [0.15, 0.2) is 0 Å². The molecule has 0 spiro atoms. The average molecular weight is 524 g/mol. The summed E-state index contributed by atoms with van der Waals surface area (Å²) in [5, 5.41) is 1.05. The van der Waals surface area contributed by atoms with E-state index in [2.05, 4.69) is 33.4 Å². The lowest BCUT2D eigenvalue weighted by Crippen LogP contribution is -2.52. The van der Waals surface area contributed by atoms with Crippen LogP contribution in [0.3, 0.4) is 0 Å². The minimum Gasteiger partial charge on any atom is -0.369 e. The molecule has 0 bridgehead atoms. The van der Waals surface area contributed by atoms with E-state index in [0.717, 1.165) is 26.7 Å². The lowest BCUT2D eigenvalue weighted by atomic mass is 9.93. The Labute approximate surface area is 181 Å². The van der Waals surface area contributed by atoms with Crippen LogP contribution in [0.5, 0.6) is 0 Å². The van der Waals surface area contributed by atoms with Crippen molar-refractivity contribution in [2.45, 2.75) is 24.3 Å². The summed E-state index contributed by atoms with van der Waals surface area (Å²) < 4.78 is 33.4. The number of sulfonamides is 1. The molecule has 4 rings (SSSR count). The van der Waals surface area contributed by atoms with Crippen molar-refractivity contribution in [3.05, 3.63) is 52.4 Å². The molecule has 1 aromatic carbocycles. The number of benzene rings is 1. The normalized spacial score (nSPS) is 20.8. The fourth-order valence-corrected chi connectivity index (χ4v) is 7.83. The zero-order valence-electron chi connectivity index (χ0n) is 16.5. The third-order valence-corrected chi connectivity index (χ3v) is 9.85. The van der Waals surface area contributed by atoms with Crippen LogP contribution in [0.25, 0.3) is 11.0 Å². The van der Waals surface area contributed by atoms with Crippen LogP contribution in [0.4, 0.5) is 5.69 Å². The molecular formula is C21H25IN4O2S. The molecule has 0 aliphatic carbocycles. The average Bonchev–Trinajstić information content (AvgIpc) is 3.22. The highest BCUT2D eigenvalue weighted by Gasteiger charge is 2.36. The third kappa shape index (κ3) is 3.73. The van der Waals surface area contributed by atoms with E-state index in [4.69, 9.17) is 0 Å². The fourth-order valence-electron chi connectivity index (χ4n) is 4.08. The quantitative estimate of drug-likeness (QED) is 0.518. The number of nitrogens with zero attached hydrogens (tertiary/aromatic N) is 3. The highest BCUT2D eigenvalue weighted by Crippen LogP contribution is 2.33. The molecular weight excluding hydrogens is 499 g/mol. The van der Waals surface area contributed by atoms with Crippen LogP contribution in [0.15, 0.2) is 53.7 Å². The number of aromatic amines is 1. The molecule has 2 aromatic heterocycles. The molecule has 1 aliphatic heterocycles. The van der Waals surface area contributed by atoms with Gasteiger partial charge in [-0.05, 0) is 36.6 Å². The molecule has 1 saturated heterocycles. The second-order valence-electron chi connectivity index (χ2n) is 7.44. The van der Waals surface area contributed by atoms with E-state index in [9.17, 15) is 8.42 Å². The molecule has 1 aliphatic rings. The van der Waals surface area contributed by atoms with Crippen molar-refractivity contribution in [2.75, 3.05) is 25.0 Å². The Morgan fingerprint density at radius 2 is 2.07 bits per heavy atom. The van der Waals surface area contributed by atoms with Crippen molar-refractivity contribution < 1.29 is 8.42 Å². The second-order valence-corrected chi connectivity index (χ2v) is 11.3. The number of hydrogen-bond acceptors (Lipinski definition) is 4. The van der Waals surface area contributed by atoms with Gasteiger partial charge in [-0.25, -0.2) is 13.4 Å². The van der Waals surface area contributed by atoms with Gasteiger partial charge in [0.05, 0.1) is 4.90 Å². The summed E-state index contributed by atoms with van der Waals surface area (Å²) in [6.07, 6.45) is 4.51. The molecule has 0 saturated carbocycles. The van der Waals surface area contributed by atoms with Gasteiger partial charge in [-0.2, -0.15) is 4.31 Å². The van der Waals surface area contributed by atoms with Crippen LogP contribution in [-0.2, 0) is 10.0 Å². The number of nitrogens with one attached hydrogen (secondary N) is 1. The summed E-state index contributed by atoms with van der Waals surface area (Å²) in [6, 6.07) is 11.4. The van der Waals surface area contributed by atoms with Crippen molar-refractivity contribution in [3.8, 4) is 0 Å². The Balaban J connectivity index is 1.66. The first-order chi connectivity index (χ1) is 13.9. The lowest BCUT2D eigenvalue weighted by Gasteiger charge is -2.42. The summed E-state index contributed by atoms with van der Waals surface area (Å²) in [7, 11) is -1.48. The largest absolute Gasteiger partial charge is 0.369 e. The minimum absolute atomic E-state index is 0.0839. The fraction of sp³-hybridized carbons (Fsp3) is 0.333. The maximum atomic E-state index is 13.4. The van der Waals surface area contributed by atoms with Gasteiger partial charge >= 0.3 is 0 Å². The van der Waals surface area contributed by atoms with Crippen molar-refractivity contribution in [1.29, 1.82) is 0 Å². The van der Waals surface area contributed by atoms with Gasteiger partial charge in [-0.15, -0.1) is 0 Å². The predicted octanol–water partition coefficient (Wildman–Crippen LogP) is 3.67. The Hall–Kier alpha value is -1.78. The molecule has 1 fully saturated rings. The van der Waals surface area contributed by atoms with Crippen molar-refractivity contribution in [3.63, 3.8) is 0 Å². The van der Waals surface area contributed by atoms with E-state index < -0.39 is 30.8 Å². The monoisotopic (exact) mass is 524 g/mol. The van der Waals surface area contributed by atoms with Crippen molar-refractivity contribution in [1.82, 2.24) is 14.3 Å². The summed E-state index contributed by atoms with van der Waals surface area (Å²) in [4.78, 5) is 10.2. The number of halogens is 1. The standard InChI is InChI=1S/C21H25IN4O2S/c1-15-10-13-26(29(27,28)20-7-5-4-6-17(20)22-2)14-19(15)25(3)18-9-12-24-21-16(18)8-11-23-21/h4-9,11-12,15,19H,2,10,13-14H2,1,3H3,(H,23,24)/t15-,19?/m1/s1. The maximum absolute atomic E-state index is 13.4. The van der Waals surface area contributed by atoms with E-state index in [1.807, 2.05) is 30.5 Å². The number of fused-ring (bicyclic) bond motifs is 1. The SMILES string of the molecule is C=Ic1ccccc1S(=O)(=O)N1CC[C@@H](C)C(N(C)c2ccnc3[nH]ccc23)C1. The van der Waals surface area contributed by atoms with Crippen molar-refractivity contribution >= 4 is 52.0 Å². The molecule has 1 unspecified atom stereocenters. The number of anilines is 1. The van der Waals surface area contributed by atoms with Crippen LogP contribution in [0.1, 0.15) is 13.3 Å². The lowest BCUT2D eigenvalue weighted by molar-refractivity contribution is 0.247. The summed E-state index contributed by atoms with van der Waals surface area (Å²) in [5.41, 5.74) is 1.91. The van der Waals surface area contributed by atoms with Gasteiger partial charge in [0, 0.05) is 53.2 Å². The number of piperidine rings is 1. The smallest absolute Gasteiger partial charge is 0.244 e. The van der Waals surface area contributed by atoms with Gasteiger partial charge in [0.2, 0.25) is 10.0 Å². The van der Waals surface area contributed by atoms with E-state index >= 15 is 0 Å². The molecule has 154 valence electrons. The number of likely N-dealkylation sites (N-methyl/N-ethyl adjacent to an activating group) is 1. The number of H-pyrrole nitrogens is 1. The molecule has 29 heavy (non-hydrogen) atoms. The first-order valence-electron chi connectivity index (χ1n) is 9.56. The van der Waals surface area contributed by atoms with Gasteiger partial charge < -0.3 is 9.88 Å². The zero-order valence-corrected chi connectivity index (χ0v) is 19.5. The molecule has 2 atom stereocenters. The summed E-state index contributed by atoms with van der Waals surface area (Å²) in [5.74, 6) is 0.379. The predicted molar refractivity (Wildman–Crippen MR) is 127 cm³/mol. The molecule has 3 heterocycles. The number of aromatic nitrogens is 2. The van der Waals surface area contributed by atoms with Gasteiger partial charge in [-0.3, -0.25) is 0 Å². The maximum Gasteiger partial charge on any atom is 0.244 e. The van der Waals surface area contributed by atoms with Gasteiger partial charge in [0.1, 0.15) is 5.65 Å². The van der Waals surface area contributed by atoms with E-state index in [1.54, 1.807) is 22.6 Å². The molecule has 3 aromatic rings. The van der Waals surface area contributed by atoms with Crippen LogP contribution in [0, 0.1) is 9.49 Å².